The lowest BCUT2D eigenvalue weighted by Crippen LogP contribution is -2.23. The molecule has 35 heavy (non-hydrogen) atoms. The molecule has 0 radical (unpaired) electrons. The van der Waals surface area contributed by atoms with Gasteiger partial charge >= 0.3 is 0 Å². The number of amides is 1. The van der Waals surface area contributed by atoms with Crippen molar-refractivity contribution in [2.75, 3.05) is 12.4 Å². The number of aliphatic hydroxyl groups excluding tert-OH is 1. The number of fused-ring (bicyclic) bond motifs is 1. The second-order valence-electron chi connectivity index (χ2n) is 8.52. The number of hydrogen-bond donors (Lipinski definition) is 2. The van der Waals surface area contributed by atoms with Gasteiger partial charge in [-0.2, -0.15) is 0 Å². The lowest BCUT2D eigenvalue weighted by molar-refractivity contribution is -0.386. The molecule has 4 rings (SSSR count). The molecule has 2 aromatic carbocycles. The van der Waals surface area contributed by atoms with Gasteiger partial charge in [-0.1, -0.05) is 17.7 Å². The Hall–Kier alpha value is -3.68. The quantitative estimate of drug-likeness (QED) is 0.404. The number of aromatic nitrogens is 1. The van der Waals surface area contributed by atoms with Crippen LogP contribution in [0, 0.1) is 27.7 Å². The van der Waals surface area contributed by atoms with Crippen LogP contribution in [0.1, 0.15) is 38.3 Å². The van der Waals surface area contributed by atoms with E-state index in [1.165, 1.54) is 7.11 Å². The highest BCUT2D eigenvalue weighted by atomic mass is 35.5. The fourth-order valence-corrected chi connectivity index (χ4v) is 4.12. The minimum Gasteiger partial charge on any atom is -0.495 e. The number of methoxy groups -OCH3 is 1. The van der Waals surface area contributed by atoms with Crippen LogP contribution in [0.3, 0.4) is 0 Å². The molecule has 0 aliphatic heterocycles. The molecule has 0 spiro atoms. The maximum Gasteiger partial charge on any atom is 0.261 e. The molecule has 0 aliphatic carbocycles. The number of aromatic amines is 1. The average molecular weight is 493 g/mol. The van der Waals surface area contributed by atoms with Crippen molar-refractivity contribution in [3.05, 3.63) is 86.7 Å². The number of hydrogen-bond acceptors (Lipinski definition) is 5. The number of aliphatic hydroxyl groups is 1. The highest BCUT2D eigenvalue weighted by Gasteiger charge is 2.20. The molecule has 0 fully saturated rings. The van der Waals surface area contributed by atoms with E-state index < -0.39 is 5.91 Å². The third kappa shape index (κ3) is 5.06. The summed E-state index contributed by atoms with van der Waals surface area (Å²) in [6.45, 7) is 7.45. The minimum absolute atomic E-state index is 0.149. The Morgan fingerprint density at radius 2 is 1.83 bits per heavy atom. The van der Waals surface area contributed by atoms with E-state index in [0.717, 1.165) is 22.4 Å². The third-order valence-electron chi connectivity index (χ3n) is 5.69. The second kappa shape index (κ2) is 9.90. The first-order chi connectivity index (χ1) is 16.7. The lowest BCUT2D eigenvalue weighted by atomic mass is 10.1. The molecule has 7 nitrogen and oxygen atoms in total. The molecular weight excluding hydrogens is 466 g/mol. The van der Waals surface area contributed by atoms with Gasteiger partial charge < -0.3 is 19.6 Å². The monoisotopic (exact) mass is 492 g/mol. The molecule has 0 saturated carbocycles. The number of halogens is 1. The molecule has 2 heterocycles. The van der Waals surface area contributed by atoms with Crippen LogP contribution in [0.5, 0.6) is 5.75 Å². The summed E-state index contributed by atoms with van der Waals surface area (Å²) in [5.74, 6) is -0.00543. The van der Waals surface area contributed by atoms with Crippen molar-refractivity contribution in [1.82, 2.24) is 0 Å². The number of H-pyrrole nitrogens is 1. The molecule has 2 aromatic heterocycles. The predicted octanol–water partition coefficient (Wildman–Crippen LogP) is 5.12. The number of carbonyl (C=O) groups is 1. The molecule has 3 N–H and O–H groups in total. The Morgan fingerprint density at radius 1 is 1.11 bits per heavy atom. The van der Waals surface area contributed by atoms with Gasteiger partial charge in [0.15, 0.2) is 6.20 Å². The maximum atomic E-state index is 13.6. The van der Waals surface area contributed by atoms with Gasteiger partial charge in [0.05, 0.1) is 30.7 Å². The molecule has 0 unspecified atom stereocenters. The van der Waals surface area contributed by atoms with E-state index in [1.54, 1.807) is 24.4 Å². The largest absolute Gasteiger partial charge is 0.495 e. The SMILES string of the molecule is COc1cc(Cl)c(C)cc1NC(=O)c1cc2c(CO)c[nH+]c(C)c2oc1=Nc1cc(C)cc(C)c1. The topological polar surface area (TPSA) is 98.2 Å². The second-order valence-corrected chi connectivity index (χ2v) is 8.93. The van der Waals surface area contributed by atoms with E-state index in [9.17, 15) is 9.90 Å². The molecule has 180 valence electrons. The summed E-state index contributed by atoms with van der Waals surface area (Å²) in [4.78, 5) is 21.3. The van der Waals surface area contributed by atoms with E-state index in [1.807, 2.05) is 45.9 Å². The molecule has 0 atom stereocenters. The molecule has 1 amide bonds. The number of carbonyl (C=O) groups excluding carboxylic acids is 1. The third-order valence-corrected chi connectivity index (χ3v) is 6.10. The average Bonchev–Trinajstić information content (AvgIpc) is 2.80. The Morgan fingerprint density at radius 3 is 2.49 bits per heavy atom. The van der Waals surface area contributed by atoms with Gasteiger partial charge in [-0.25, -0.2) is 9.98 Å². The number of anilines is 1. The molecule has 4 aromatic rings. The maximum absolute atomic E-state index is 13.6. The van der Waals surface area contributed by atoms with Crippen molar-refractivity contribution in [2.45, 2.75) is 34.3 Å². The standard InChI is InChI=1S/C27H26ClN3O4/c1-14-6-15(2)8-19(7-14)30-27-21(10-20-18(13-32)12-29-17(4)25(20)35-27)26(33)31-23-9-16(3)22(28)11-24(23)34-5/h6-12,32H,13H2,1-5H3,(H,31,33)/p+1. The van der Waals surface area contributed by atoms with Crippen molar-refractivity contribution >= 4 is 39.9 Å². The van der Waals surface area contributed by atoms with Crippen LogP contribution in [0.4, 0.5) is 11.4 Å². The normalized spacial score (nSPS) is 11.7. The Balaban J connectivity index is 1.94. The van der Waals surface area contributed by atoms with E-state index in [0.29, 0.717) is 38.7 Å². The summed E-state index contributed by atoms with van der Waals surface area (Å²) in [5, 5.41) is 13.9. The van der Waals surface area contributed by atoms with Crippen molar-refractivity contribution < 1.29 is 24.0 Å². The van der Waals surface area contributed by atoms with Crippen LogP contribution in [0.2, 0.25) is 5.02 Å². The van der Waals surface area contributed by atoms with Crippen LogP contribution in [-0.4, -0.2) is 18.1 Å². The van der Waals surface area contributed by atoms with Crippen LogP contribution in [0.15, 0.2) is 52.0 Å². The van der Waals surface area contributed by atoms with E-state index >= 15 is 0 Å². The zero-order valence-electron chi connectivity index (χ0n) is 20.2. The van der Waals surface area contributed by atoms with Crippen LogP contribution < -0.4 is 20.6 Å². The molecule has 0 bridgehead atoms. The summed E-state index contributed by atoms with van der Waals surface area (Å²) < 4.78 is 11.6. The molecular formula is C27H27ClN3O4+. The number of aryl methyl sites for hydroxylation is 4. The number of nitrogens with one attached hydrogen (secondary N) is 2. The highest BCUT2D eigenvalue weighted by molar-refractivity contribution is 6.31. The Labute approximate surface area is 208 Å². The van der Waals surface area contributed by atoms with Crippen molar-refractivity contribution in [3.63, 3.8) is 0 Å². The first kappa shape index (κ1) is 24.4. The zero-order chi connectivity index (χ0) is 25.3. The number of rotatable bonds is 5. The first-order valence-electron chi connectivity index (χ1n) is 11.1. The summed E-state index contributed by atoms with van der Waals surface area (Å²) in [7, 11) is 1.51. The van der Waals surface area contributed by atoms with Gasteiger partial charge in [0.2, 0.25) is 16.8 Å². The number of pyridine rings is 1. The molecule has 0 saturated heterocycles. The van der Waals surface area contributed by atoms with Crippen LogP contribution in [-0.2, 0) is 6.61 Å². The van der Waals surface area contributed by atoms with Gasteiger partial charge in [-0.05, 0) is 61.7 Å². The van der Waals surface area contributed by atoms with E-state index in [2.05, 4.69) is 10.3 Å². The van der Waals surface area contributed by atoms with Gasteiger partial charge in [0, 0.05) is 23.4 Å². The molecule has 8 heteroatoms. The van der Waals surface area contributed by atoms with Crippen molar-refractivity contribution in [1.29, 1.82) is 0 Å². The highest BCUT2D eigenvalue weighted by Crippen LogP contribution is 2.31. The van der Waals surface area contributed by atoms with Crippen molar-refractivity contribution in [3.8, 4) is 5.75 Å². The van der Waals surface area contributed by atoms with E-state index in [-0.39, 0.29) is 17.7 Å². The smallest absolute Gasteiger partial charge is 0.261 e. The Bertz CT molecular complexity index is 1510. The number of benzene rings is 2. The van der Waals surface area contributed by atoms with E-state index in [4.69, 9.17) is 25.7 Å². The lowest BCUT2D eigenvalue weighted by Gasteiger charge is -2.13. The fraction of sp³-hybridized carbons (Fsp3) is 0.222. The van der Waals surface area contributed by atoms with Crippen LogP contribution in [0.25, 0.3) is 11.0 Å². The van der Waals surface area contributed by atoms with Gasteiger partial charge in [-0.15, -0.1) is 0 Å². The fourth-order valence-electron chi connectivity index (χ4n) is 3.96. The number of ether oxygens (including phenoxy) is 1. The van der Waals surface area contributed by atoms with Crippen molar-refractivity contribution in [2.24, 2.45) is 4.99 Å². The van der Waals surface area contributed by atoms with Crippen LogP contribution >= 0.6 is 11.6 Å². The molecule has 0 aliphatic rings. The first-order valence-corrected chi connectivity index (χ1v) is 11.5. The summed E-state index contributed by atoms with van der Waals surface area (Å²) in [6.07, 6.45) is 1.70. The number of nitrogens with zero attached hydrogens (tertiary/aromatic N) is 1. The summed E-state index contributed by atoms with van der Waals surface area (Å²) in [5.41, 5.74) is 6.24. The summed E-state index contributed by atoms with van der Waals surface area (Å²) >= 11 is 6.22. The Kier molecular flexibility index (Phi) is 6.91. The minimum atomic E-state index is -0.437. The predicted molar refractivity (Wildman–Crippen MR) is 135 cm³/mol. The summed E-state index contributed by atoms with van der Waals surface area (Å²) in [6, 6.07) is 11.0. The van der Waals surface area contributed by atoms with Gasteiger partial charge in [0.25, 0.3) is 5.91 Å². The van der Waals surface area contributed by atoms with Gasteiger partial charge in [0.1, 0.15) is 11.3 Å². The zero-order valence-corrected chi connectivity index (χ0v) is 21.0. The van der Waals surface area contributed by atoms with Gasteiger partial charge in [-0.3, -0.25) is 4.79 Å².